The number of carbonyl (C=O) groups is 1. The second-order valence-corrected chi connectivity index (χ2v) is 8.74. The highest BCUT2D eigenvalue weighted by Gasteiger charge is 2.16. The van der Waals surface area contributed by atoms with Crippen LogP contribution in [0, 0.1) is 0 Å². The summed E-state index contributed by atoms with van der Waals surface area (Å²) in [6.45, 7) is 0.424. The fraction of sp³-hybridized carbons (Fsp3) is 0.615. The molecule has 8 heteroatoms. The maximum absolute atomic E-state index is 12.0. The van der Waals surface area contributed by atoms with Crippen LogP contribution in [0.1, 0.15) is 30.6 Å². The van der Waals surface area contributed by atoms with Crippen LogP contribution in [0.5, 0.6) is 0 Å². The van der Waals surface area contributed by atoms with E-state index >= 15 is 0 Å². The lowest BCUT2D eigenvalue weighted by Crippen LogP contribution is -2.23. The molecule has 5 nitrogen and oxygen atoms in total. The Morgan fingerprint density at radius 3 is 2.67 bits per heavy atom. The molecule has 0 fully saturated rings. The summed E-state index contributed by atoms with van der Waals surface area (Å²) in [5.41, 5.74) is 0. The Labute approximate surface area is 134 Å². The number of nitrogens with one attached hydrogen (secondary N) is 1. The van der Waals surface area contributed by atoms with Crippen molar-refractivity contribution in [2.75, 3.05) is 18.6 Å². The van der Waals surface area contributed by atoms with E-state index in [1.807, 2.05) is 11.8 Å². The molecular formula is C13H21NO4S3. The van der Waals surface area contributed by atoms with Crippen molar-refractivity contribution in [3.05, 3.63) is 17.0 Å². The van der Waals surface area contributed by atoms with Crippen molar-refractivity contribution in [2.24, 2.45) is 0 Å². The SMILES string of the molecule is CSCCCCCCNS(=O)(=O)c1ccc(CC(=O)O)s1. The van der Waals surface area contributed by atoms with Crippen LogP contribution in [0.15, 0.2) is 16.3 Å². The molecule has 1 heterocycles. The zero-order valence-corrected chi connectivity index (χ0v) is 14.5. The molecule has 2 N–H and O–H groups in total. The monoisotopic (exact) mass is 351 g/mol. The van der Waals surface area contributed by atoms with E-state index in [1.165, 1.54) is 6.07 Å². The number of sulfonamides is 1. The van der Waals surface area contributed by atoms with Crippen molar-refractivity contribution in [1.29, 1.82) is 0 Å². The van der Waals surface area contributed by atoms with Crippen LogP contribution in [0.2, 0.25) is 0 Å². The lowest BCUT2D eigenvalue weighted by molar-refractivity contribution is -0.136. The van der Waals surface area contributed by atoms with E-state index in [0.29, 0.717) is 11.4 Å². The Morgan fingerprint density at radius 2 is 2.00 bits per heavy atom. The molecule has 0 aliphatic rings. The number of hydrogen-bond donors (Lipinski definition) is 2. The molecule has 0 aliphatic carbocycles. The van der Waals surface area contributed by atoms with E-state index in [4.69, 9.17) is 5.11 Å². The number of carboxylic acid groups (broad SMARTS) is 1. The van der Waals surface area contributed by atoms with Gasteiger partial charge in [-0.25, -0.2) is 13.1 Å². The Kier molecular flexibility index (Phi) is 8.31. The summed E-state index contributed by atoms with van der Waals surface area (Å²) in [5, 5.41) is 8.68. The molecule has 0 aromatic carbocycles. The fourth-order valence-electron chi connectivity index (χ4n) is 1.75. The lowest BCUT2D eigenvalue weighted by atomic mass is 10.2. The maximum Gasteiger partial charge on any atom is 0.308 e. The molecule has 0 amide bonds. The number of thioether (sulfide) groups is 1. The molecule has 1 rings (SSSR count). The average molecular weight is 352 g/mol. The Bertz CT molecular complexity index is 539. The fourth-order valence-corrected chi connectivity index (χ4v) is 4.71. The summed E-state index contributed by atoms with van der Waals surface area (Å²) >= 11 is 2.83. The highest BCUT2D eigenvalue weighted by molar-refractivity contribution is 7.98. The second kappa shape index (κ2) is 9.45. The summed E-state index contributed by atoms with van der Waals surface area (Å²) in [5.74, 6) is 0.187. The predicted molar refractivity (Wildman–Crippen MR) is 87.7 cm³/mol. The van der Waals surface area contributed by atoms with Crippen molar-refractivity contribution in [3.63, 3.8) is 0 Å². The first-order valence-corrected chi connectivity index (χ1v) is 10.4. The number of unbranched alkanes of at least 4 members (excludes halogenated alkanes) is 3. The van der Waals surface area contributed by atoms with Gasteiger partial charge in [0.25, 0.3) is 0 Å². The van der Waals surface area contributed by atoms with E-state index in [0.717, 1.165) is 42.8 Å². The predicted octanol–water partition coefficient (Wildman–Crippen LogP) is 2.58. The van der Waals surface area contributed by atoms with E-state index in [2.05, 4.69) is 11.0 Å². The zero-order chi connectivity index (χ0) is 15.7. The Morgan fingerprint density at radius 1 is 1.29 bits per heavy atom. The highest BCUT2D eigenvalue weighted by atomic mass is 32.2. The first-order chi connectivity index (χ1) is 9.95. The summed E-state index contributed by atoms with van der Waals surface area (Å²) in [6, 6.07) is 3.01. The molecule has 0 radical (unpaired) electrons. The smallest absolute Gasteiger partial charge is 0.308 e. The van der Waals surface area contributed by atoms with Crippen molar-refractivity contribution >= 4 is 39.1 Å². The van der Waals surface area contributed by atoms with Crippen LogP contribution in [0.3, 0.4) is 0 Å². The minimum Gasteiger partial charge on any atom is -0.481 e. The van der Waals surface area contributed by atoms with Gasteiger partial charge in [0.15, 0.2) is 0 Å². The lowest BCUT2D eigenvalue weighted by Gasteiger charge is -2.04. The largest absolute Gasteiger partial charge is 0.481 e. The van der Waals surface area contributed by atoms with Gasteiger partial charge >= 0.3 is 5.97 Å². The van der Waals surface area contributed by atoms with E-state index in [-0.39, 0.29) is 10.6 Å². The van der Waals surface area contributed by atoms with Crippen LogP contribution in [-0.2, 0) is 21.2 Å². The van der Waals surface area contributed by atoms with Gasteiger partial charge in [-0.15, -0.1) is 11.3 Å². The number of aliphatic carboxylic acids is 1. The summed E-state index contributed by atoms with van der Waals surface area (Å²) in [6.07, 6.45) is 6.05. The van der Waals surface area contributed by atoms with Gasteiger partial charge in [0, 0.05) is 11.4 Å². The van der Waals surface area contributed by atoms with Gasteiger partial charge in [0.1, 0.15) is 4.21 Å². The molecule has 0 spiro atoms. The molecule has 1 aromatic rings. The van der Waals surface area contributed by atoms with Gasteiger partial charge in [-0.05, 0) is 37.0 Å². The third-order valence-electron chi connectivity index (χ3n) is 2.79. The number of hydrogen-bond acceptors (Lipinski definition) is 5. The second-order valence-electron chi connectivity index (χ2n) is 4.60. The van der Waals surface area contributed by atoms with Gasteiger partial charge < -0.3 is 5.11 Å². The molecule has 1 aromatic heterocycles. The minimum atomic E-state index is -3.50. The first kappa shape index (κ1) is 18.5. The Balaban J connectivity index is 2.36. The number of rotatable bonds is 11. The van der Waals surface area contributed by atoms with Gasteiger partial charge in [0.05, 0.1) is 6.42 Å². The number of carboxylic acids is 1. The average Bonchev–Trinajstić information content (AvgIpc) is 2.86. The van der Waals surface area contributed by atoms with Gasteiger partial charge in [0.2, 0.25) is 10.0 Å². The zero-order valence-electron chi connectivity index (χ0n) is 12.0. The van der Waals surface area contributed by atoms with Gasteiger partial charge in [-0.3, -0.25) is 4.79 Å². The van der Waals surface area contributed by atoms with Crippen LogP contribution in [-0.4, -0.2) is 38.0 Å². The first-order valence-electron chi connectivity index (χ1n) is 6.75. The van der Waals surface area contributed by atoms with Crippen LogP contribution in [0.4, 0.5) is 0 Å². The topological polar surface area (TPSA) is 83.5 Å². The van der Waals surface area contributed by atoms with E-state index in [9.17, 15) is 13.2 Å². The molecular weight excluding hydrogens is 330 g/mol. The van der Waals surface area contributed by atoms with Gasteiger partial charge in [-0.2, -0.15) is 11.8 Å². The van der Waals surface area contributed by atoms with Crippen molar-refractivity contribution in [3.8, 4) is 0 Å². The normalized spacial score (nSPS) is 11.7. The summed E-state index contributed by atoms with van der Waals surface area (Å²) < 4.78 is 26.8. The summed E-state index contributed by atoms with van der Waals surface area (Å²) in [4.78, 5) is 11.1. The Hall–Kier alpha value is -0.570. The van der Waals surface area contributed by atoms with E-state index in [1.54, 1.807) is 6.07 Å². The van der Waals surface area contributed by atoms with Crippen molar-refractivity contribution < 1.29 is 18.3 Å². The third-order valence-corrected chi connectivity index (χ3v) is 6.53. The summed E-state index contributed by atoms with van der Waals surface area (Å²) in [7, 11) is -3.50. The van der Waals surface area contributed by atoms with Crippen LogP contribution in [0.25, 0.3) is 0 Å². The molecule has 0 bridgehead atoms. The molecule has 0 saturated carbocycles. The molecule has 0 atom stereocenters. The standard InChI is InChI=1S/C13H21NO4S3/c1-19-9-5-3-2-4-8-14-21(17,18)13-7-6-11(20-13)10-12(15)16/h6-7,14H,2-5,8-10H2,1H3,(H,15,16). The van der Waals surface area contributed by atoms with Crippen LogP contribution < -0.4 is 4.72 Å². The number of thiophene rings is 1. The third kappa shape index (κ3) is 7.30. The molecule has 0 saturated heterocycles. The van der Waals surface area contributed by atoms with Crippen molar-refractivity contribution in [2.45, 2.75) is 36.3 Å². The minimum absolute atomic E-state index is 0.143. The van der Waals surface area contributed by atoms with Crippen LogP contribution >= 0.6 is 23.1 Å². The van der Waals surface area contributed by atoms with E-state index < -0.39 is 16.0 Å². The maximum atomic E-state index is 12.0. The molecule has 21 heavy (non-hydrogen) atoms. The molecule has 0 unspecified atom stereocenters. The van der Waals surface area contributed by atoms with Gasteiger partial charge in [-0.1, -0.05) is 12.8 Å². The molecule has 0 aliphatic heterocycles. The van der Waals surface area contributed by atoms with Crippen molar-refractivity contribution in [1.82, 2.24) is 4.72 Å². The quantitative estimate of drug-likeness (QED) is 0.599. The molecule has 120 valence electrons. The highest BCUT2D eigenvalue weighted by Crippen LogP contribution is 2.21.